The molecule has 7 heteroatoms. The number of halogens is 4. The van der Waals surface area contributed by atoms with Gasteiger partial charge in [0.25, 0.3) is 0 Å². The molecule has 0 aliphatic rings. The molecule has 0 unspecified atom stereocenters. The lowest BCUT2D eigenvalue weighted by molar-refractivity contribution is -0.137. The summed E-state index contributed by atoms with van der Waals surface area (Å²) in [6.45, 7) is 7.19. The molecule has 0 radical (unpaired) electrons. The maximum absolute atomic E-state index is 15.2. The van der Waals surface area contributed by atoms with Gasteiger partial charge in [0, 0.05) is 5.56 Å². The first-order valence-electron chi connectivity index (χ1n) is 11.8. The number of hydrogen-bond donors (Lipinski definition) is 1. The molecular weight excluding hydrogens is 484 g/mol. The van der Waals surface area contributed by atoms with Crippen LogP contribution in [-0.4, -0.2) is 17.2 Å². The molecule has 3 rings (SSSR count). The lowest BCUT2D eigenvalue weighted by Crippen LogP contribution is -2.08. The molecule has 0 bridgehead atoms. The highest BCUT2D eigenvalue weighted by atomic mass is 19.4. The van der Waals surface area contributed by atoms with Crippen LogP contribution in [-0.2, 0) is 11.0 Å². The summed E-state index contributed by atoms with van der Waals surface area (Å²) in [4.78, 5) is 12.1. The van der Waals surface area contributed by atoms with Gasteiger partial charge < -0.3 is 9.84 Å². The van der Waals surface area contributed by atoms with Crippen molar-refractivity contribution in [1.82, 2.24) is 0 Å². The fourth-order valence-electron chi connectivity index (χ4n) is 3.89. The van der Waals surface area contributed by atoms with Crippen LogP contribution in [0, 0.1) is 12.7 Å². The first kappa shape index (κ1) is 27.7. The van der Waals surface area contributed by atoms with Gasteiger partial charge in [0.2, 0.25) is 0 Å². The summed E-state index contributed by atoms with van der Waals surface area (Å²) in [7, 11) is 0. The minimum Gasteiger partial charge on any atom is -0.491 e. The molecule has 0 aliphatic carbocycles. The molecule has 3 aromatic carbocycles. The molecular formula is C30H28F4O3. The summed E-state index contributed by atoms with van der Waals surface area (Å²) in [5, 5.41) is 9.87. The Bertz CT molecular complexity index is 1330. The van der Waals surface area contributed by atoms with Crippen molar-refractivity contribution in [3.8, 4) is 16.9 Å². The molecule has 0 heterocycles. The van der Waals surface area contributed by atoms with E-state index in [9.17, 15) is 23.1 Å². The van der Waals surface area contributed by atoms with Crippen molar-refractivity contribution in [2.75, 3.05) is 0 Å². The van der Waals surface area contributed by atoms with Crippen LogP contribution >= 0.6 is 0 Å². The Morgan fingerprint density at radius 2 is 1.70 bits per heavy atom. The zero-order valence-corrected chi connectivity index (χ0v) is 21.0. The van der Waals surface area contributed by atoms with Gasteiger partial charge in [0.1, 0.15) is 11.6 Å². The monoisotopic (exact) mass is 512 g/mol. The third kappa shape index (κ3) is 6.88. The van der Waals surface area contributed by atoms with Crippen molar-refractivity contribution < 1.29 is 32.2 Å². The zero-order valence-electron chi connectivity index (χ0n) is 21.0. The minimum absolute atomic E-state index is 0.00844. The Labute approximate surface area is 213 Å². The van der Waals surface area contributed by atoms with E-state index >= 15 is 4.39 Å². The third-order valence-corrected chi connectivity index (χ3v) is 5.65. The second kappa shape index (κ2) is 11.5. The fourth-order valence-corrected chi connectivity index (χ4v) is 3.89. The maximum Gasteiger partial charge on any atom is 0.416 e. The Kier molecular flexibility index (Phi) is 8.58. The SMILES string of the molecule is CC/C=C(/C=C(/C(=O)O)c1cc(C(F)(F)F)ccc1C)c1ccc(-c2ccc(OC(C)C)cc2)c(F)c1. The number of allylic oxidation sites excluding steroid dienone is 3. The van der Waals surface area contributed by atoms with Crippen LogP contribution in [0.2, 0.25) is 0 Å². The van der Waals surface area contributed by atoms with E-state index in [1.54, 1.807) is 49.4 Å². The quantitative estimate of drug-likeness (QED) is 0.187. The van der Waals surface area contributed by atoms with E-state index in [0.29, 0.717) is 40.0 Å². The van der Waals surface area contributed by atoms with Gasteiger partial charge in [-0.3, -0.25) is 0 Å². The van der Waals surface area contributed by atoms with Crippen LogP contribution in [0.4, 0.5) is 17.6 Å². The second-order valence-electron chi connectivity index (χ2n) is 8.84. The van der Waals surface area contributed by atoms with Gasteiger partial charge in [-0.2, -0.15) is 13.2 Å². The lowest BCUT2D eigenvalue weighted by Gasteiger charge is -2.14. The average Bonchev–Trinajstić information content (AvgIpc) is 2.81. The van der Waals surface area contributed by atoms with Crippen LogP contribution in [0.5, 0.6) is 5.75 Å². The van der Waals surface area contributed by atoms with Gasteiger partial charge in [0.05, 0.1) is 17.2 Å². The number of alkyl halides is 3. The van der Waals surface area contributed by atoms with Crippen LogP contribution in [0.3, 0.4) is 0 Å². The first-order chi connectivity index (χ1) is 17.4. The van der Waals surface area contributed by atoms with Crippen LogP contribution in [0.1, 0.15) is 49.4 Å². The molecule has 0 spiro atoms. The van der Waals surface area contributed by atoms with E-state index in [-0.39, 0.29) is 17.2 Å². The van der Waals surface area contributed by atoms with Crippen molar-refractivity contribution >= 4 is 17.1 Å². The summed E-state index contributed by atoms with van der Waals surface area (Å²) in [5.74, 6) is -1.23. The summed E-state index contributed by atoms with van der Waals surface area (Å²) < 4.78 is 60.7. The van der Waals surface area contributed by atoms with Crippen LogP contribution in [0.15, 0.2) is 72.8 Å². The normalized spacial score (nSPS) is 12.7. The van der Waals surface area contributed by atoms with E-state index in [4.69, 9.17) is 4.74 Å². The van der Waals surface area contributed by atoms with Crippen LogP contribution < -0.4 is 4.74 Å². The molecule has 0 atom stereocenters. The van der Waals surface area contributed by atoms with Gasteiger partial charge in [0.15, 0.2) is 0 Å². The molecule has 0 amide bonds. The molecule has 0 saturated heterocycles. The van der Waals surface area contributed by atoms with E-state index < -0.39 is 23.5 Å². The van der Waals surface area contributed by atoms with E-state index in [0.717, 1.165) is 12.1 Å². The van der Waals surface area contributed by atoms with E-state index in [1.165, 1.54) is 18.2 Å². The first-order valence-corrected chi connectivity index (χ1v) is 11.8. The number of aliphatic carboxylic acids is 1. The Hall–Kier alpha value is -3.87. The Morgan fingerprint density at radius 1 is 1.03 bits per heavy atom. The average molecular weight is 513 g/mol. The van der Waals surface area contributed by atoms with Gasteiger partial charge in [-0.25, -0.2) is 9.18 Å². The van der Waals surface area contributed by atoms with Gasteiger partial charge in [-0.05, 0) is 91.4 Å². The predicted octanol–water partition coefficient (Wildman–Crippen LogP) is 8.57. The summed E-state index contributed by atoms with van der Waals surface area (Å²) in [6, 6.07) is 14.5. The predicted molar refractivity (Wildman–Crippen MR) is 138 cm³/mol. The van der Waals surface area contributed by atoms with Gasteiger partial charge in [-0.15, -0.1) is 0 Å². The number of ether oxygens (including phenoxy) is 1. The number of rotatable bonds is 8. The topological polar surface area (TPSA) is 46.5 Å². The van der Waals surface area contributed by atoms with Crippen molar-refractivity contribution in [2.24, 2.45) is 0 Å². The number of benzene rings is 3. The molecule has 1 N–H and O–H groups in total. The van der Waals surface area contributed by atoms with Crippen LogP contribution in [0.25, 0.3) is 22.3 Å². The van der Waals surface area contributed by atoms with E-state index in [1.807, 2.05) is 20.8 Å². The highest BCUT2D eigenvalue weighted by Gasteiger charge is 2.31. The number of carboxylic acids is 1. The maximum atomic E-state index is 15.2. The van der Waals surface area contributed by atoms with Crippen molar-refractivity contribution in [1.29, 1.82) is 0 Å². The molecule has 37 heavy (non-hydrogen) atoms. The molecule has 3 aromatic rings. The van der Waals surface area contributed by atoms with Crippen molar-refractivity contribution in [2.45, 2.75) is 46.4 Å². The zero-order chi connectivity index (χ0) is 27.3. The number of carbonyl (C=O) groups is 1. The largest absolute Gasteiger partial charge is 0.491 e. The smallest absolute Gasteiger partial charge is 0.416 e. The molecule has 0 aromatic heterocycles. The summed E-state index contributed by atoms with van der Waals surface area (Å²) in [5.41, 5.74) is 0.868. The van der Waals surface area contributed by atoms with Crippen molar-refractivity contribution in [3.63, 3.8) is 0 Å². The Balaban J connectivity index is 2.04. The Morgan fingerprint density at radius 3 is 2.24 bits per heavy atom. The number of aryl methyl sites for hydroxylation is 1. The number of carboxylic acid groups (broad SMARTS) is 1. The van der Waals surface area contributed by atoms with E-state index in [2.05, 4.69) is 0 Å². The summed E-state index contributed by atoms with van der Waals surface area (Å²) >= 11 is 0. The van der Waals surface area contributed by atoms with Gasteiger partial charge in [-0.1, -0.05) is 43.3 Å². The standard InChI is InChI=1S/C30H28F4O3/c1-5-6-21(15-27(29(35)36)26-17-23(30(32,33)34)11-7-19(26)4)22-10-14-25(28(31)16-22)20-8-12-24(13-9-20)37-18(2)3/h6-18H,5H2,1-4H3,(H,35,36)/b21-6-,27-15+. The lowest BCUT2D eigenvalue weighted by atomic mass is 9.93. The molecule has 194 valence electrons. The highest BCUT2D eigenvalue weighted by molar-refractivity contribution is 6.18. The second-order valence-corrected chi connectivity index (χ2v) is 8.84. The molecule has 3 nitrogen and oxygen atoms in total. The molecule has 0 saturated carbocycles. The van der Waals surface area contributed by atoms with Gasteiger partial charge >= 0.3 is 12.1 Å². The molecule has 0 aliphatic heterocycles. The highest BCUT2D eigenvalue weighted by Crippen LogP contribution is 2.34. The number of hydrogen-bond acceptors (Lipinski definition) is 2. The summed E-state index contributed by atoms with van der Waals surface area (Å²) in [6.07, 6.45) is -1.11. The third-order valence-electron chi connectivity index (χ3n) is 5.65. The molecule has 0 fully saturated rings. The minimum atomic E-state index is -4.62. The fraction of sp³-hybridized carbons (Fsp3) is 0.233. The van der Waals surface area contributed by atoms with Crippen molar-refractivity contribution in [3.05, 3.63) is 101 Å².